The number of methoxy groups -OCH3 is 1. The fraction of sp³-hybridized carbons (Fsp3) is 0.692. The Labute approximate surface area is 114 Å². The van der Waals surface area contributed by atoms with Crippen molar-refractivity contribution in [1.82, 2.24) is 9.97 Å². The van der Waals surface area contributed by atoms with Gasteiger partial charge < -0.3 is 19.7 Å². The molecule has 1 aromatic rings. The Morgan fingerprint density at radius 3 is 2.84 bits per heavy atom. The first-order valence-electron chi connectivity index (χ1n) is 6.77. The van der Waals surface area contributed by atoms with Crippen molar-refractivity contribution >= 4 is 11.6 Å². The predicted molar refractivity (Wildman–Crippen MR) is 74.6 cm³/mol. The van der Waals surface area contributed by atoms with Crippen molar-refractivity contribution in [2.24, 2.45) is 0 Å². The van der Waals surface area contributed by atoms with Crippen LogP contribution in [0.3, 0.4) is 0 Å². The van der Waals surface area contributed by atoms with Gasteiger partial charge in [-0.05, 0) is 6.42 Å². The minimum atomic E-state index is 0.430. The van der Waals surface area contributed by atoms with Crippen molar-refractivity contribution < 1.29 is 9.47 Å². The first-order chi connectivity index (χ1) is 9.33. The van der Waals surface area contributed by atoms with E-state index in [9.17, 15) is 0 Å². The van der Waals surface area contributed by atoms with E-state index in [4.69, 9.17) is 9.47 Å². The molecule has 2 heterocycles. The van der Waals surface area contributed by atoms with Gasteiger partial charge in [-0.25, -0.2) is 9.97 Å². The minimum Gasteiger partial charge on any atom is -0.378 e. The summed E-state index contributed by atoms with van der Waals surface area (Å²) in [7, 11) is 1.66. The van der Waals surface area contributed by atoms with Gasteiger partial charge in [-0.1, -0.05) is 6.92 Å². The van der Waals surface area contributed by atoms with Crippen LogP contribution in [0, 0.1) is 0 Å². The Kier molecular flexibility index (Phi) is 5.35. The number of ether oxygens (including phenoxy) is 2. The van der Waals surface area contributed by atoms with Crippen LogP contribution < -0.4 is 10.2 Å². The molecule has 1 aliphatic heterocycles. The van der Waals surface area contributed by atoms with Crippen molar-refractivity contribution in [3.63, 3.8) is 0 Å². The summed E-state index contributed by atoms with van der Waals surface area (Å²) in [5.74, 6) is 2.53. The van der Waals surface area contributed by atoms with E-state index < -0.39 is 0 Å². The highest BCUT2D eigenvalue weighted by atomic mass is 16.5. The van der Waals surface area contributed by atoms with Gasteiger partial charge in [0.15, 0.2) is 5.82 Å². The second-order valence-corrected chi connectivity index (χ2v) is 4.49. The zero-order valence-corrected chi connectivity index (χ0v) is 11.7. The molecular weight excluding hydrogens is 244 g/mol. The molecule has 1 saturated heterocycles. The van der Waals surface area contributed by atoms with Crippen LogP contribution in [-0.2, 0) is 16.1 Å². The van der Waals surface area contributed by atoms with Gasteiger partial charge in [0.25, 0.3) is 0 Å². The van der Waals surface area contributed by atoms with Gasteiger partial charge >= 0.3 is 0 Å². The third-order valence-corrected chi connectivity index (χ3v) is 2.92. The highest BCUT2D eigenvalue weighted by molar-refractivity contribution is 5.49. The quantitative estimate of drug-likeness (QED) is 0.837. The highest BCUT2D eigenvalue weighted by Gasteiger charge is 2.14. The Hall–Kier alpha value is -1.40. The SMILES string of the molecule is CCCNc1cc(N2CCOCC2)nc(COC)n1. The van der Waals surface area contributed by atoms with Crippen LogP contribution in [0.15, 0.2) is 6.07 Å². The molecule has 0 aliphatic carbocycles. The monoisotopic (exact) mass is 266 g/mol. The number of rotatable bonds is 6. The van der Waals surface area contributed by atoms with Crippen LogP contribution in [0.5, 0.6) is 0 Å². The lowest BCUT2D eigenvalue weighted by molar-refractivity contribution is 0.122. The molecule has 0 saturated carbocycles. The molecule has 1 aliphatic rings. The van der Waals surface area contributed by atoms with Gasteiger partial charge in [-0.15, -0.1) is 0 Å². The second kappa shape index (κ2) is 7.25. The molecule has 2 rings (SSSR count). The molecule has 0 aromatic carbocycles. The van der Waals surface area contributed by atoms with Crippen molar-refractivity contribution in [1.29, 1.82) is 0 Å². The number of morpholine rings is 1. The van der Waals surface area contributed by atoms with Crippen LogP contribution in [0.1, 0.15) is 19.2 Å². The van der Waals surface area contributed by atoms with E-state index in [-0.39, 0.29) is 0 Å². The lowest BCUT2D eigenvalue weighted by Crippen LogP contribution is -2.37. The molecule has 1 N–H and O–H groups in total. The van der Waals surface area contributed by atoms with Crippen LogP contribution in [0.25, 0.3) is 0 Å². The lowest BCUT2D eigenvalue weighted by Gasteiger charge is -2.28. The van der Waals surface area contributed by atoms with E-state index >= 15 is 0 Å². The van der Waals surface area contributed by atoms with E-state index in [0.29, 0.717) is 12.4 Å². The lowest BCUT2D eigenvalue weighted by atomic mass is 10.3. The van der Waals surface area contributed by atoms with E-state index in [2.05, 4.69) is 27.1 Å². The maximum atomic E-state index is 5.37. The standard InChI is InChI=1S/C13H22N4O2/c1-3-4-14-11-9-13(16-12(15-11)10-18-2)17-5-7-19-8-6-17/h9H,3-8,10H2,1-2H3,(H,14,15,16). The number of nitrogens with one attached hydrogen (secondary N) is 1. The molecule has 106 valence electrons. The summed E-state index contributed by atoms with van der Waals surface area (Å²) < 4.78 is 10.5. The third-order valence-electron chi connectivity index (χ3n) is 2.92. The van der Waals surface area contributed by atoms with Crippen LogP contribution in [0.4, 0.5) is 11.6 Å². The van der Waals surface area contributed by atoms with Crippen molar-refractivity contribution in [3.05, 3.63) is 11.9 Å². The van der Waals surface area contributed by atoms with Gasteiger partial charge in [0, 0.05) is 32.8 Å². The molecule has 0 unspecified atom stereocenters. The Bertz CT molecular complexity index is 394. The topological polar surface area (TPSA) is 59.5 Å². The fourth-order valence-corrected chi connectivity index (χ4v) is 1.97. The molecule has 1 aromatic heterocycles. The summed E-state index contributed by atoms with van der Waals surface area (Å²) >= 11 is 0. The minimum absolute atomic E-state index is 0.430. The molecule has 6 nitrogen and oxygen atoms in total. The summed E-state index contributed by atoms with van der Waals surface area (Å²) in [5, 5.41) is 3.31. The highest BCUT2D eigenvalue weighted by Crippen LogP contribution is 2.17. The average Bonchev–Trinajstić information content (AvgIpc) is 2.46. The largest absolute Gasteiger partial charge is 0.378 e. The van der Waals surface area contributed by atoms with Gasteiger partial charge in [-0.3, -0.25) is 0 Å². The Morgan fingerprint density at radius 1 is 1.37 bits per heavy atom. The van der Waals surface area contributed by atoms with Crippen molar-refractivity contribution in [2.45, 2.75) is 20.0 Å². The predicted octanol–water partition coefficient (Wildman–Crippen LogP) is 1.28. The first-order valence-corrected chi connectivity index (χ1v) is 6.77. The first kappa shape index (κ1) is 14.0. The summed E-state index contributed by atoms with van der Waals surface area (Å²) in [6, 6.07) is 2.00. The van der Waals surface area contributed by atoms with Crippen LogP contribution >= 0.6 is 0 Å². The average molecular weight is 266 g/mol. The third kappa shape index (κ3) is 4.04. The summed E-state index contributed by atoms with van der Waals surface area (Å²) in [5.41, 5.74) is 0. The number of aromatic nitrogens is 2. The van der Waals surface area contributed by atoms with Crippen molar-refractivity contribution in [3.8, 4) is 0 Å². The summed E-state index contributed by atoms with van der Waals surface area (Å²) in [4.78, 5) is 11.2. The molecule has 0 bridgehead atoms. The van der Waals surface area contributed by atoms with E-state index in [1.807, 2.05) is 6.07 Å². The molecule has 19 heavy (non-hydrogen) atoms. The fourth-order valence-electron chi connectivity index (χ4n) is 1.97. The number of hydrogen-bond acceptors (Lipinski definition) is 6. The molecule has 0 radical (unpaired) electrons. The Morgan fingerprint density at radius 2 is 2.16 bits per heavy atom. The normalized spacial score (nSPS) is 15.6. The van der Waals surface area contributed by atoms with Crippen LogP contribution in [-0.4, -0.2) is 49.9 Å². The van der Waals surface area contributed by atoms with Gasteiger partial charge in [0.2, 0.25) is 0 Å². The molecule has 6 heteroatoms. The zero-order chi connectivity index (χ0) is 13.5. The van der Waals surface area contributed by atoms with E-state index in [1.54, 1.807) is 7.11 Å². The number of hydrogen-bond donors (Lipinski definition) is 1. The molecule has 0 spiro atoms. The maximum Gasteiger partial charge on any atom is 0.158 e. The van der Waals surface area contributed by atoms with E-state index in [1.165, 1.54) is 0 Å². The van der Waals surface area contributed by atoms with Gasteiger partial charge in [0.1, 0.15) is 18.2 Å². The van der Waals surface area contributed by atoms with Gasteiger partial charge in [0.05, 0.1) is 13.2 Å². The molecular formula is C13H22N4O2. The van der Waals surface area contributed by atoms with E-state index in [0.717, 1.165) is 50.9 Å². The van der Waals surface area contributed by atoms with Crippen molar-refractivity contribution in [2.75, 3.05) is 50.2 Å². The van der Waals surface area contributed by atoms with Gasteiger partial charge in [-0.2, -0.15) is 0 Å². The zero-order valence-electron chi connectivity index (χ0n) is 11.7. The Balaban J connectivity index is 2.17. The maximum absolute atomic E-state index is 5.37. The molecule has 0 amide bonds. The van der Waals surface area contributed by atoms with Crippen LogP contribution in [0.2, 0.25) is 0 Å². The number of nitrogens with zero attached hydrogens (tertiary/aromatic N) is 3. The number of anilines is 2. The molecule has 0 atom stereocenters. The smallest absolute Gasteiger partial charge is 0.158 e. The summed E-state index contributed by atoms with van der Waals surface area (Å²) in [6.07, 6.45) is 1.07. The summed E-state index contributed by atoms with van der Waals surface area (Å²) in [6.45, 7) is 6.72. The second-order valence-electron chi connectivity index (χ2n) is 4.49. The molecule has 1 fully saturated rings.